The summed E-state index contributed by atoms with van der Waals surface area (Å²) in [6.45, 7) is 0. The van der Waals surface area contributed by atoms with E-state index in [2.05, 4.69) is 15.0 Å². The molecule has 0 saturated heterocycles. The monoisotopic (exact) mass is 316 g/mol. The third kappa shape index (κ3) is 3.37. The van der Waals surface area contributed by atoms with Crippen molar-refractivity contribution >= 4 is 23.4 Å². The molecule has 0 unspecified atom stereocenters. The zero-order chi connectivity index (χ0) is 14.8. The van der Waals surface area contributed by atoms with E-state index in [1.807, 2.05) is 0 Å². The number of halogens is 4. The van der Waals surface area contributed by atoms with Crippen LogP contribution in [0, 0.1) is 11.3 Å². The van der Waals surface area contributed by atoms with Gasteiger partial charge in [-0.2, -0.15) is 18.4 Å². The third-order valence-corrected chi connectivity index (χ3v) is 3.42. The van der Waals surface area contributed by atoms with Crippen molar-refractivity contribution in [3.05, 3.63) is 40.9 Å². The molecule has 0 fully saturated rings. The molecule has 0 bridgehead atoms. The zero-order valence-corrected chi connectivity index (χ0v) is 11.1. The summed E-state index contributed by atoms with van der Waals surface area (Å²) >= 11 is 6.72. The molecule has 0 N–H and O–H groups in total. The fourth-order valence-corrected chi connectivity index (χ4v) is 2.13. The van der Waals surface area contributed by atoms with Crippen molar-refractivity contribution < 1.29 is 13.2 Å². The van der Waals surface area contributed by atoms with Crippen LogP contribution in [0.2, 0.25) is 5.02 Å². The van der Waals surface area contributed by atoms with Crippen LogP contribution in [0.3, 0.4) is 0 Å². The van der Waals surface area contributed by atoms with Crippen LogP contribution in [0.25, 0.3) is 0 Å². The van der Waals surface area contributed by atoms with Gasteiger partial charge in [0.2, 0.25) is 0 Å². The van der Waals surface area contributed by atoms with Gasteiger partial charge in [0.05, 0.1) is 23.0 Å². The number of hydrogen-bond donors (Lipinski definition) is 0. The maximum atomic E-state index is 12.5. The zero-order valence-electron chi connectivity index (χ0n) is 9.52. The van der Waals surface area contributed by atoms with Crippen LogP contribution in [-0.4, -0.2) is 15.0 Å². The van der Waals surface area contributed by atoms with Crippen LogP contribution >= 0.6 is 23.4 Å². The fourth-order valence-electron chi connectivity index (χ4n) is 1.18. The van der Waals surface area contributed by atoms with Gasteiger partial charge in [-0.1, -0.05) is 11.6 Å². The van der Waals surface area contributed by atoms with Gasteiger partial charge in [-0.25, -0.2) is 15.0 Å². The summed E-state index contributed by atoms with van der Waals surface area (Å²) in [5.74, 6) is 0. The van der Waals surface area contributed by atoms with Gasteiger partial charge in [0.15, 0.2) is 5.69 Å². The molecule has 2 heterocycles. The predicted octanol–water partition coefficient (Wildman–Crippen LogP) is 3.57. The summed E-state index contributed by atoms with van der Waals surface area (Å²) < 4.78 is 37.4. The van der Waals surface area contributed by atoms with Crippen LogP contribution in [0.5, 0.6) is 0 Å². The lowest BCUT2D eigenvalue weighted by Gasteiger charge is -2.08. The van der Waals surface area contributed by atoms with Gasteiger partial charge in [0.25, 0.3) is 0 Å². The van der Waals surface area contributed by atoms with Gasteiger partial charge >= 0.3 is 6.18 Å². The van der Waals surface area contributed by atoms with Crippen molar-refractivity contribution in [3.8, 4) is 6.07 Å². The minimum Gasteiger partial charge on any atom is -0.247 e. The summed E-state index contributed by atoms with van der Waals surface area (Å²) in [5.41, 5.74) is -0.779. The van der Waals surface area contributed by atoms with E-state index in [0.29, 0.717) is 11.2 Å². The first kappa shape index (κ1) is 14.6. The van der Waals surface area contributed by atoms with Crippen LogP contribution in [0.1, 0.15) is 11.3 Å². The first-order chi connectivity index (χ1) is 9.40. The Balaban J connectivity index is 2.23. The number of nitrogens with zero attached hydrogens (tertiary/aromatic N) is 4. The number of alkyl halides is 3. The van der Waals surface area contributed by atoms with E-state index in [9.17, 15) is 13.2 Å². The topological polar surface area (TPSA) is 62.5 Å². The van der Waals surface area contributed by atoms with E-state index < -0.39 is 11.7 Å². The molecule has 0 aliphatic rings. The van der Waals surface area contributed by atoms with E-state index >= 15 is 0 Å². The van der Waals surface area contributed by atoms with Crippen LogP contribution in [-0.2, 0) is 6.18 Å². The Morgan fingerprint density at radius 1 is 1.15 bits per heavy atom. The van der Waals surface area contributed by atoms with Crippen LogP contribution in [0.15, 0.2) is 34.7 Å². The first-order valence-electron chi connectivity index (χ1n) is 5.03. The second kappa shape index (κ2) is 5.64. The molecule has 2 rings (SSSR count). The molecule has 2 aromatic rings. The lowest BCUT2D eigenvalue weighted by Crippen LogP contribution is -2.05. The summed E-state index contributed by atoms with van der Waals surface area (Å²) in [7, 11) is 0. The minimum absolute atomic E-state index is 0.129. The number of aromatic nitrogens is 3. The normalized spacial score (nSPS) is 11.2. The highest BCUT2D eigenvalue weighted by atomic mass is 35.5. The van der Waals surface area contributed by atoms with Crippen LogP contribution in [0.4, 0.5) is 13.2 Å². The molecular formula is C11H4ClF3N4S. The van der Waals surface area contributed by atoms with Gasteiger partial charge in [-0.15, -0.1) is 0 Å². The molecule has 0 spiro atoms. The van der Waals surface area contributed by atoms with Gasteiger partial charge in [-0.05, 0) is 17.8 Å². The molecule has 0 aliphatic carbocycles. The highest BCUT2D eigenvalue weighted by Gasteiger charge is 2.31. The van der Waals surface area contributed by atoms with Crippen molar-refractivity contribution in [1.82, 2.24) is 15.0 Å². The number of hydrogen-bond acceptors (Lipinski definition) is 5. The maximum Gasteiger partial charge on any atom is 0.417 e. The van der Waals surface area contributed by atoms with Gasteiger partial charge in [-0.3, -0.25) is 0 Å². The average molecular weight is 317 g/mol. The molecule has 102 valence electrons. The van der Waals surface area contributed by atoms with Crippen molar-refractivity contribution in [3.63, 3.8) is 0 Å². The number of nitriles is 1. The van der Waals surface area contributed by atoms with E-state index in [1.165, 1.54) is 12.4 Å². The van der Waals surface area contributed by atoms with Crippen molar-refractivity contribution in [1.29, 1.82) is 5.26 Å². The Morgan fingerprint density at radius 2 is 1.90 bits per heavy atom. The highest BCUT2D eigenvalue weighted by Crippen LogP contribution is 2.35. The molecular weight excluding hydrogens is 313 g/mol. The van der Waals surface area contributed by atoms with Gasteiger partial charge < -0.3 is 0 Å². The standard InChI is InChI=1S/C11H4ClF3N4S/c12-8-1-6(11(13,14)15)3-19-10(8)20-9-5-17-7(2-16)4-18-9/h1,3-5H. The Morgan fingerprint density at radius 3 is 2.40 bits per heavy atom. The Labute approximate surface area is 120 Å². The van der Waals surface area contributed by atoms with E-state index in [4.69, 9.17) is 16.9 Å². The largest absolute Gasteiger partial charge is 0.417 e. The summed E-state index contributed by atoms with van der Waals surface area (Å²) in [6, 6.07) is 2.60. The molecule has 0 saturated carbocycles. The Kier molecular flexibility index (Phi) is 4.11. The SMILES string of the molecule is N#Cc1cnc(Sc2ncc(C(F)(F)F)cc2Cl)cn1. The molecule has 0 atom stereocenters. The maximum absolute atomic E-state index is 12.5. The average Bonchev–Trinajstić information content (AvgIpc) is 2.41. The van der Waals surface area contributed by atoms with Gasteiger partial charge in [0.1, 0.15) is 16.1 Å². The molecule has 2 aromatic heterocycles. The lowest BCUT2D eigenvalue weighted by molar-refractivity contribution is -0.137. The molecule has 0 aromatic carbocycles. The smallest absolute Gasteiger partial charge is 0.247 e. The second-order valence-corrected chi connectivity index (χ2v) is 4.88. The predicted molar refractivity (Wildman–Crippen MR) is 65.1 cm³/mol. The molecule has 0 amide bonds. The summed E-state index contributed by atoms with van der Waals surface area (Å²) in [5, 5.41) is 8.99. The third-order valence-electron chi connectivity index (χ3n) is 2.08. The van der Waals surface area contributed by atoms with Gasteiger partial charge in [0, 0.05) is 6.20 Å². The van der Waals surface area contributed by atoms with E-state index in [0.717, 1.165) is 17.8 Å². The molecule has 9 heteroatoms. The number of pyridine rings is 1. The minimum atomic E-state index is -4.49. The summed E-state index contributed by atoms with van der Waals surface area (Å²) in [4.78, 5) is 11.4. The molecule has 0 radical (unpaired) electrons. The highest BCUT2D eigenvalue weighted by molar-refractivity contribution is 7.99. The molecule has 0 aliphatic heterocycles. The molecule has 4 nitrogen and oxygen atoms in total. The van der Waals surface area contributed by atoms with Crippen LogP contribution < -0.4 is 0 Å². The van der Waals surface area contributed by atoms with Crippen molar-refractivity contribution in [2.45, 2.75) is 16.2 Å². The van der Waals surface area contributed by atoms with Crippen molar-refractivity contribution in [2.24, 2.45) is 0 Å². The van der Waals surface area contributed by atoms with E-state index in [-0.39, 0.29) is 15.7 Å². The number of rotatable bonds is 2. The first-order valence-corrected chi connectivity index (χ1v) is 6.22. The quantitative estimate of drug-likeness (QED) is 0.847. The van der Waals surface area contributed by atoms with Crippen molar-refractivity contribution in [2.75, 3.05) is 0 Å². The fraction of sp³-hybridized carbons (Fsp3) is 0.0909. The van der Waals surface area contributed by atoms with E-state index in [1.54, 1.807) is 6.07 Å². The molecule has 20 heavy (non-hydrogen) atoms. The second-order valence-electron chi connectivity index (χ2n) is 3.46. The Bertz CT molecular complexity index is 667. The summed E-state index contributed by atoms with van der Waals surface area (Å²) in [6.07, 6.45) is -1.22. The Hall–Kier alpha value is -1.85. The lowest BCUT2D eigenvalue weighted by atomic mass is 10.3.